The highest BCUT2D eigenvalue weighted by molar-refractivity contribution is 5.99. The van der Waals surface area contributed by atoms with Crippen molar-refractivity contribution in [2.45, 2.75) is 66.2 Å². The SMILES string of the molecule is CC(C)OC(=O)CN1C=C(C(=O)N[C@H](C)c2ccccc2)C(C)C(C(=O)OC(C)(C)C)=C1. The van der Waals surface area contributed by atoms with Crippen LogP contribution in [0.1, 0.15) is 60.1 Å². The summed E-state index contributed by atoms with van der Waals surface area (Å²) in [6, 6.07) is 9.37. The molecule has 0 spiro atoms. The highest BCUT2D eigenvalue weighted by atomic mass is 16.6. The molecule has 0 fully saturated rings. The van der Waals surface area contributed by atoms with Gasteiger partial charge >= 0.3 is 11.9 Å². The Morgan fingerprint density at radius 3 is 2.19 bits per heavy atom. The number of carbonyl (C=O) groups excluding carboxylic acids is 3. The largest absolute Gasteiger partial charge is 0.462 e. The zero-order valence-corrected chi connectivity index (χ0v) is 20.0. The molecule has 1 aromatic carbocycles. The molecule has 0 radical (unpaired) electrons. The van der Waals surface area contributed by atoms with Crippen LogP contribution in [-0.4, -0.2) is 41.0 Å². The van der Waals surface area contributed by atoms with Gasteiger partial charge in [-0.15, -0.1) is 0 Å². The molecule has 1 aliphatic rings. The number of ether oxygens (including phenoxy) is 2. The van der Waals surface area contributed by atoms with Crippen molar-refractivity contribution in [2.24, 2.45) is 5.92 Å². The first-order valence-corrected chi connectivity index (χ1v) is 10.8. The van der Waals surface area contributed by atoms with Gasteiger partial charge in [-0.25, -0.2) is 4.79 Å². The minimum Gasteiger partial charge on any atom is -0.462 e. The summed E-state index contributed by atoms with van der Waals surface area (Å²) >= 11 is 0. The maximum absolute atomic E-state index is 13.2. The summed E-state index contributed by atoms with van der Waals surface area (Å²) in [6.45, 7) is 12.4. The molecule has 1 aliphatic heterocycles. The van der Waals surface area contributed by atoms with Crippen molar-refractivity contribution in [3.8, 4) is 0 Å². The number of nitrogens with zero attached hydrogens (tertiary/aromatic N) is 1. The summed E-state index contributed by atoms with van der Waals surface area (Å²) in [6.07, 6.45) is 2.88. The van der Waals surface area contributed by atoms with Crippen LogP contribution in [0.15, 0.2) is 53.9 Å². The number of hydrogen-bond acceptors (Lipinski definition) is 6. The number of benzene rings is 1. The number of carbonyl (C=O) groups is 3. The van der Waals surface area contributed by atoms with Gasteiger partial charge < -0.3 is 19.7 Å². The van der Waals surface area contributed by atoms with Crippen LogP contribution in [-0.2, 0) is 23.9 Å². The molecule has 0 aromatic heterocycles. The Labute approximate surface area is 190 Å². The molecule has 1 aromatic rings. The second-order valence-corrected chi connectivity index (χ2v) is 9.21. The van der Waals surface area contributed by atoms with Gasteiger partial charge in [0.1, 0.15) is 12.1 Å². The lowest BCUT2D eigenvalue weighted by Crippen LogP contribution is -2.37. The zero-order valence-electron chi connectivity index (χ0n) is 20.0. The summed E-state index contributed by atoms with van der Waals surface area (Å²) in [5.74, 6) is -1.81. The van der Waals surface area contributed by atoms with Crippen molar-refractivity contribution in [3.63, 3.8) is 0 Å². The van der Waals surface area contributed by atoms with E-state index in [1.54, 1.807) is 53.9 Å². The van der Waals surface area contributed by atoms with E-state index in [1.165, 1.54) is 4.90 Å². The molecule has 174 valence electrons. The van der Waals surface area contributed by atoms with Gasteiger partial charge in [-0.3, -0.25) is 9.59 Å². The highest BCUT2D eigenvalue weighted by Crippen LogP contribution is 2.29. The van der Waals surface area contributed by atoms with E-state index >= 15 is 0 Å². The van der Waals surface area contributed by atoms with Crippen LogP contribution in [0.5, 0.6) is 0 Å². The van der Waals surface area contributed by atoms with Crippen LogP contribution < -0.4 is 5.32 Å². The number of amides is 1. The third kappa shape index (κ3) is 7.25. The van der Waals surface area contributed by atoms with Gasteiger partial charge in [0.2, 0.25) is 5.91 Å². The third-order valence-electron chi connectivity index (χ3n) is 4.77. The standard InChI is InChI=1S/C25H34N2O5/c1-16(2)31-22(28)15-27-13-20(17(3)21(14-27)24(30)32-25(5,6)7)23(29)26-18(4)19-11-9-8-10-12-19/h8-14,16-18H,15H2,1-7H3,(H,26,29)/t17?,18-/m1/s1. The van der Waals surface area contributed by atoms with E-state index in [1.807, 2.05) is 37.3 Å². The molecule has 0 saturated heterocycles. The van der Waals surface area contributed by atoms with E-state index in [0.717, 1.165) is 5.56 Å². The fourth-order valence-electron chi connectivity index (χ4n) is 3.25. The topological polar surface area (TPSA) is 84.9 Å². The average molecular weight is 443 g/mol. The molecule has 2 atom stereocenters. The van der Waals surface area contributed by atoms with E-state index in [0.29, 0.717) is 11.1 Å². The molecule has 0 aliphatic carbocycles. The molecule has 32 heavy (non-hydrogen) atoms. The molecular formula is C25H34N2O5. The monoisotopic (exact) mass is 442 g/mol. The van der Waals surface area contributed by atoms with E-state index < -0.39 is 23.5 Å². The first-order chi connectivity index (χ1) is 14.9. The summed E-state index contributed by atoms with van der Waals surface area (Å²) in [4.78, 5) is 39.7. The molecule has 0 saturated carbocycles. The lowest BCUT2D eigenvalue weighted by Gasteiger charge is -2.30. The van der Waals surface area contributed by atoms with Crippen molar-refractivity contribution >= 4 is 17.8 Å². The maximum Gasteiger partial charge on any atom is 0.336 e. The van der Waals surface area contributed by atoms with Gasteiger partial charge in [0.05, 0.1) is 17.7 Å². The van der Waals surface area contributed by atoms with E-state index in [2.05, 4.69) is 5.32 Å². The van der Waals surface area contributed by atoms with Gasteiger partial charge in [-0.1, -0.05) is 37.3 Å². The molecular weight excluding hydrogens is 408 g/mol. The van der Waals surface area contributed by atoms with Crippen LogP contribution in [0.4, 0.5) is 0 Å². The average Bonchev–Trinajstić information content (AvgIpc) is 2.67. The Morgan fingerprint density at radius 1 is 1.03 bits per heavy atom. The lowest BCUT2D eigenvalue weighted by molar-refractivity contribution is -0.151. The second-order valence-electron chi connectivity index (χ2n) is 9.21. The quantitative estimate of drug-likeness (QED) is 0.645. The van der Waals surface area contributed by atoms with Gasteiger partial charge in [-0.2, -0.15) is 0 Å². The molecule has 1 amide bonds. The highest BCUT2D eigenvalue weighted by Gasteiger charge is 2.33. The minimum absolute atomic E-state index is 0.123. The van der Waals surface area contributed by atoms with Crippen molar-refractivity contribution < 1.29 is 23.9 Å². The minimum atomic E-state index is -0.690. The van der Waals surface area contributed by atoms with E-state index in [4.69, 9.17) is 9.47 Å². The normalized spacial score (nSPS) is 17.2. The fraction of sp³-hybridized carbons (Fsp3) is 0.480. The molecule has 2 rings (SSSR count). The molecule has 0 bridgehead atoms. The molecule has 1 N–H and O–H groups in total. The van der Waals surface area contributed by atoms with E-state index in [-0.39, 0.29) is 24.6 Å². The first kappa shape index (κ1) is 25.2. The Bertz CT molecular complexity index is 897. The fourth-order valence-corrected chi connectivity index (χ4v) is 3.25. The van der Waals surface area contributed by atoms with Gasteiger partial charge in [0.25, 0.3) is 0 Å². The maximum atomic E-state index is 13.2. The Morgan fingerprint density at radius 2 is 1.62 bits per heavy atom. The number of rotatable bonds is 7. The first-order valence-electron chi connectivity index (χ1n) is 10.8. The summed E-state index contributed by atoms with van der Waals surface area (Å²) in [5, 5.41) is 2.98. The van der Waals surface area contributed by atoms with Crippen LogP contribution in [0.2, 0.25) is 0 Å². The smallest absolute Gasteiger partial charge is 0.336 e. The molecule has 1 unspecified atom stereocenters. The second kappa shape index (κ2) is 10.5. The van der Waals surface area contributed by atoms with Crippen molar-refractivity contribution in [1.82, 2.24) is 10.2 Å². The Kier molecular flexibility index (Phi) is 8.25. The summed E-state index contributed by atoms with van der Waals surface area (Å²) < 4.78 is 10.8. The van der Waals surface area contributed by atoms with Crippen molar-refractivity contribution in [1.29, 1.82) is 0 Å². The zero-order chi connectivity index (χ0) is 24.1. The third-order valence-corrected chi connectivity index (χ3v) is 4.77. The lowest BCUT2D eigenvalue weighted by atomic mass is 9.90. The van der Waals surface area contributed by atoms with Crippen LogP contribution >= 0.6 is 0 Å². The number of nitrogens with one attached hydrogen (secondary N) is 1. The van der Waals surface area contributed by atoms with Crippen LogP contribution in [0, 0.1) is 5.92 Å². The van der Waals surface area contributed by atoms with Gasteiger partial charge in [-0.05, 0) is 47.1 Å². The predicted octanol–water partition coefficient (Wildman–Crippen LogP) is 3.88. The van der Waals surface area contributed by atoms with Crippen molar-refractivity contribution in [3.05, 3.63) is 59.4 Å². The number of hydrogen-bond donors (Lipinski definition) is 1. The molecule has 1 heterocycles. The van der Waals surface area contributed by atoms with Crippen LogP contribution in [0.3, 0.4) is 0 Å². The van der Waals surface area contributed by atoms with E-state index in [9.17, 15) is 14.4 Å². The summed E-state index contributed by atoms with van der Waals surface area (Å²) in [5.41, 5.74) is 0.945. The molecule has 7 heteroatoms. The van der Waals surface area contributed by atoms with Gasteiger partial charge in [0, 0.05) is 23.9 Å². The van der Waals surface area contributed by atoms with Crippen LogP contribution in [0.25, 0.3) is 0 Å². The number of esters is 2. The molecule has 7 nitrogen and oxygen atoms in total. The predicted molar refractivity (Wildman–Crippen MR) is 122 cm³/mol. The Hall–Kier alpha value is -3.09. The van der Waals surface area contributed by atoms with Gasteiger partial charge in [0.15, 0.2) is 0 Å². The summed E-state index contributed by atoms with van der Waals surface area (Å²) in [7, 11) is 0. The Balaban J connectivity index is 2.28. The van der Waals surface area contributed by atoms with Crippen molar-refractivity contribution in [2.75, 3.05) is 6.54 Å².